The summed E-state index contributed by atoms with van der Waals surface area (Å²) in [6.45, 7) is 0.127. The fraction of sp³-hybridized carbons (Fsp3) is 0.333. The molecule has 8 heteroatoms. The molecule has 106 valence electrons. The average molecular weight is 297 g/mol. The van der Waals surface area contributed by atoms with Gasteiger partial charge in [0.15, 0.2) is 0 Å². The van der Waals surface area contributed by atoms with Crippen molar-refractivity contribution in [3.8, 4) is 0 Å². The molecule has 0 radical (unpaired) electrons. The Balaban J connectivity index is 1.79. The number of carbonyl (C=O) groups is 1. The maximum absolute atomic E-state index is 12.9. The molecule has 20 heavy (non-hydrogen) atoms. The number of aromatic nitrogens is 2. The van der Waals surface area contributed by atoms with E-state index in [1.54, 1.807) is 12.4 Å². The molecule has 0 saturated carbocycles. The first-order valence-corrected chi connectivity index (χ1v) is 7.51. The van der Waals surface area contributed by atoms with Crippen molar-refractivity contribution < 1.29 is 17.1 Å². The van der Waals surface area contributed by atoms with E-state index in [1.165, 1.54) is 4.90 Å². The lowest BCUT2D eigenvalue weighted by molar-refractivity contribution is -0.128. The molecule has 0 spiro atoms. The van der Waals surface area contributed by atoms with Crippen LogP contribution < -0.4 is 0 Å². The third kappa shape index (κ3) is 2.38. The number of pyridine rings is 1. The number of nitrogens with one attached hydrogen (secondary N) is 1. The third-order valence-electron chi connectivity index (χ3n) is 3.41. The quantitative estimate of drug-likeness (QED) is 0.855. The molecule has 1 amide bonds. The van der Waals surface area contributed by atoms with Gasteiger partial charge in [-0.3, -0.25) is 4.79 Å². The van der Waals surface area contributed by atoms with Crippen LogP contribution in [0, 0.1) is 0 Å². The van der Waals surface area contributed by atoms with Gasteiger partial charge in [-0.15, -0.1) is 3.89 Å². The molecule has 1 aliphatic heterocycles. The first kappa shape index (κ1) is 13.0. The second kappa shape index (κ2) is 4.55. The standard InChI is InChI=1S/C12H12FN3O3S/c13-20(18,19)10-4-11(17)16(7-10)6-8-3-9-1-2-14-12(9)15-5-8/h1-3,5,10H,4,6-7H2,(H,14,15). The van der Waals surface area contributed by atoms with Crippen LogP contribution in [-0.2, 0) is 21.6 Å². The molecule has 0 aliphatic carbocycles. The second-order valence-corrected chi connectivity index (χ2v) is 6.45. The number of H-pyrrole nitrogens is 1. The number of hydrogen-bond acceptors (Lipinski definition) is 4. The highest BCUT2D eigenvalue weighted by Gasteiger charge is 2.38. The van der Waals surface area contributed by atoms with Gasteiger partial charge in [-0.1, -0.05) is 0 Å². The fourth-order valence-electron chi connectivity index (χ4n) is 2.37. The van der Waals surface area contributed by atoms with Crippen LogP contribution in [0.2, 0.25) is 0 Å². The number of fused-ring (bicyclic) bond motifs is 1. The van der Waals surface area contributed by atoms with Gasteiger partial charge in [-0.05, 0) is 17.7 Å². The first-order valence-electron chi connectivity index (χ1n) is 6.07. The smallest absolute Gasteiger partial charge is 0.307 e. The van der Waals surface area contributed by atoms with E-state index in [4.69, 9.17) is 0 Å². The number of nitrogens with zero attached hydrogens (tertiary/aromatic N) is 2. The van der Waals surface area contributed by atoms with Crippen LogP contribution in [-0.4, -0.2) is 41.0 Å². The summed E-state index contributed by atoms with van der Waals surface area (Å²) in [6, 6.07) is 3.72. The predicted molar refractivity (Wildman–Crippen MR) is 69.9 cm³/mol. The van der Waals surface area contributed by atoms with Crippen LogP contribution in [0.1, 0.15) is 12.0 Å². The molecule has 1 fully saturated rings. The molecule has 2 aromatic rings. The number of rotatable bonds is 3. The van der Waals surface area contributed by atoms with Crippen molar-refractivity contribution in [2.45, 2.75) is 18.2 Å². The number of hydrogen-bond donors (Lipinski definition) is 1. The zero-order valence-electron chi connectivity index (χ0n) is 10.4. The predicted octanol–water partition coefficient (Wildman–Crippen LogP) is 0.963. The van der Waals surface area contributed by atoms with Crippen LogP contribution in [0.15, 0.2) is 24.5 Å². The molecule has 3 heterocycles. The lowest BCUT2D eigenvalue weighted by Gasteiger charge is -2.15. The zero-order valence-corrected chi connectivity index (χ0v) is 11.2. The van der Waals surface area contributed by atoms with Gasteiger partial charge in [-0.25, -0.2) is 4.98 Å². The Morgan fingerprint density at radius 1 is 1.50 bits per heavy atom. The lowest BCUT2D eigenvalue weighted by Crippen LogP contribution is -2.26. The van der Waals surface area contributed by atoms with Crippen LogP contribution in [0.25, 0.3) is 11.0 Å². The molecule has 1 saturated heterocycles. The van der Waals surface area contributed by atoms with Crippen molar-refractivity contribution in [1.82, 2.24) is 14.9 Å². The fourth-order valence-corrected chi connectivity index (χ4v) is 3.07. The molecule has 1 aliphatic rings. The largest absolute Gasteiger partial charge is 0.346 e. The minimum atomic E-state index is -4.67. The summed E-state index contributed by atoms with van der Waals surface area (Å²) < 4.78 is 34.6. The van der Waals surface area contributed by atoms with Crippen molar-refractivity contribution in [2.24, 2.45) is 0 Å². The summed E-state index contributed by atoms with van der Waals surface area (Å²) in [5.74, 6) is -0.356. The Morgan fingerprint density at radius 2 is 2.30 bits per heavy atom. The van der Waals surface area contributed by atoms with E-state index in [-0.39, 0.29) is 25.4 Å². The molecule has 3 rings (SSSR count). The van der Waals surface area contributed by atoms with Gasteiger partial charge in [0.05, 0.1) is 0 Å². The highest BCUT2D eigenvalue weighted by atomic mass is 32.3. The van der Waals surface area contributed by atoms with Gasteiger partial charge >= 0.3 is 10.2 Å². The Labute approximate surface area is 114 Å². The van der Waals surface area contributed by atoms with Crippen molar-refractivity contribution in [3.63, 3.8) is 0 Å². The Morgan fingerprint density at radius 3 is 3.00 bits per heavy atom. The van der Waals surface area contributed by atoms with Gasteiger partial charge in [0.1, 0.15) is 10.9 Å². The topological polar surface area (TPSA) is 83.1 Å². The molecule has 1 N–H and O–H groups in total. The summed E-state index contributed by atoms with van der Waals surface area (Å²) in [4.78, 5) is 20.2. The maximum atomic E-state index is 12.9. The van der Waals surface area contributed by atoms with Crippen molar-refractivity contribution in [2.75, 3.05) is 6.54 Å². The molecular weight excluding hydrogens is 285 g/mol. The summed E-state index contributed by atoms with van der Waals surface area (Å²) in [6.07, 6.45) is 3.08. The molecule has 2 aromatic heterocycles. The van der Waals surface area contributed by atoms with Crippen LogP contribution in [0.3, 0.4) is 0 Å². The van der Waals surface area contributed by atoms with E-state index in [0.717, 1.165) is 16.6 Å². The van der Waals surface area contributed by atoms with Gasteiger partial charge < -0.3 is 9.88 Å². The van der Waals surface area contributed by atoms with E-state index in [9.17, 15) is 17.1 Å². The maximum Gasteiger partial charge on any atom is 0.307 e. The zero-order chi connectivity index (χ0) is 14.3. The SMILES string of the molecule is O=C1CC(S(=O)(=O)F)CN1Cc1cnc2[nH]ccc2c1. The summed E-state index contributed by atoms with van der Waals surface area (Å²) in [5.41, 5.74) is 1.52. The highest BCUT2D eigenvalue weighted by molar-refractivity contribution is 7.87. The molecular formula is C12H12FN3O3S. The summed E-state index contributed by atoms with van der Waals surface area (Å²) >= 11 is 0. The molecule has 0 bridgehead atoms. The van der Waals surface area contributed by atoms with Gasteiger partial charge in [0, 0.05) is 37.3 Å². The minimum Gasteiger partial charge on any atom is -0.346 e. The van der Waals surface area contributed by atoms with Crippen LogP contribution in [0.5, 0.6) is 0 Å². The monoisotopic (exact) mass is 297 g/mol. The number of amides is 1. The van der Waals surface area contributed by atoms with Gasteiger partial charge in [-0.2, -0.15) is 8.42 Å². The van der Waals surface area contributed by atoms with E-state index in [2.05, 4.69) is 9.97 Å². The molecule has 6 nitrogen and oxygen atoms in total. The molecule has 1 atom stereocenters. The summed E-state index contributed by atoms with van der Waals surface area (Å²) in [5, 5.41) is -0.345. The number of aromatic amines is 1. The van der Waals surface area contributed by atoms with Crippen molar-refractivity contribution >= 4 is 27.2 Å². The van der Waals surface area contributed by atoms with Crippen molar-refractivity contribution in [3.05, 3.63) is 30.1 Å². The van der Waals surface area contributed by atoms with E-state index in [0.29, 0.717) is 0 Å². The lowest BCUT2D eigenvalue weighted by atomic mass is 10.2. The Hall–Kier alpha value is -1.96. The van der Waals surface area contributed by atoms with E-state index in [1.807, 2.05) is 12.1 Å². The Kier molecular flexibility index (Phi) is 2.97. The second-order valence-electron chi connectivity index (χ2n) is 4.84. The van der Waals surface area contributed by atoms with Gasteiger partial charge in [0.25, 0.3) is 0 Å². The average Bonchev–Trinajstić information content (AvgIpc) is 2.95. The molecule has 0 aromatic carbocycles. The highest BCUT2D eigenvalue weighted by Crippen LogP contribution is 2.22. The summed E-state index contributed by atoms with van der Waals surface area (Å²) in [7, 11) is -4.67. The van der Waals surface area contributed by atoms with Crippen LogP contribution in [0.4, 0.5) is 3.89 Å². The van der Waals surface area contributed by atoms with E-state index >= 15 is 0 Å². The van der Waals surface area contributed by atoms with Crippen LogP contribution >= 0.6 is 0 Å². The third-order valence-corrected chi connectivity index (χ3v) is 4.52. The minimum absolute atomic E-state index is 0.108. The van der Waals surface area contributed by atoms with Crippen molar-refractivity contribution in [1.29, 1.82) is 0 Å². The normalized spacial score (nSPS) is 19.9. The van der Waals surface area contributed by atoms with Gasteiger partial charge in [0.2, 0.25) is 5.91 Å². The number of halogens is 1. The van der Waals surface area contributed by atoms with E-state index < -0.39 is 15.5 Å². The first-order chi connectivity index (χ1) is 9.43. The number of carbonyl (C=O) groups excluding carboxylic acids is 1. The molecule has 1 unspecified atom stereocenters. The Bertz CT molecular complexity index is 771. The number of likely N-dealkylation sites (tertiary alicyclic amines) is 1.